The van der Waals surface area contributed by atoms with Crippen LogP contribution in [-0.2, 0) is 0 Å². The molecular weight excluding hydrogens is 446 g/mol. The van der Waals surface area contributed by atoms with Crippen molar-refractivity contribution >= 4 is 5.57 Å². The molecule has 2 N–H and O–H groups in total. The van der Waals surface area contributed by atoms with Gasteiger partial charge in [0.25, 0.3) is 0 Å². The van der Waals surface area contributed by atoms with Gasteiger partial charge in [0.2, 0.25) is 0 Å². The topological polar surface area (TPSA) is 52.9 Å². The third-order valence-corrected chi connectivity index (χ3v) is 6.47. The van der Waals surface area contributed by atoms with Crippen molar-refractivity contribution in [3.63, 3.8) is 0 Å². The van der Waals surface area contributed by atoms with E-state index in [9.17, 15) is 10.2 Å². The number of phenolic OH excluding ortho intramolecular Hbond substituents is 1. The Bertz CT molecular complexity index is 1040. The van der Waals surface area contributed by atoms with Crippen LogP contribution in [0.25, 0.3) is 5.57 Å². The second kappa shape index (κ2) is 15.1. The standard InChI is InChI=1S/C32H41NO3/c1-3-5-11-26(10-4-2)31(12-9-24-34)32(27-13-17-29(35)18-14-27)28-15-19-30(20-16-28)36-25-23-33-21-7-6-8-22-33/h3-5,10-11,13-20,34-35H,6-9,12,21-25H2,1-2H3/b5-3-,10-4-,26-11+,32-31-. The van der Waals surface area contributed by atoms with Gasteiger partial charge in [0, 0.05) is 13.2 Å². The SMILES string of the molecule is C\C=C/C=C(\C=C/C)C(/CCCO)=C(/c1ccc(O)cc1)c1ccc(OCCN2CCCCC2)cc1. The number of hydrogen-bond donors (Lipinski definition) is 2. The molecule has 0 unspecified atom stereocenters. The van der Waals surface area contributed by atoms with Crippen molar-refractivity contribution in [2.24, 2.45) is 0 Å². The number of phenols is 1. The maximum Gasteiger partial charge on any atom is 0.119 e. The largest absolute Gasteiger partial charge is 0.508 e. The van der Waals surface area contributed by atoms with Crippen molar-refractivity contribution in [3.8, 4) is 11.5 Å². The van der Waals surface area contributed by atoms with E-state index in [-0.39, 0.29) is 12.4 Å². The first kappa shape index (κ1) is 27.5. The average molecular weight is 488 g/mol. The Morgan fingerprint density at radius 3 is 2.19 bits per heavy atom. The summed E-state index contributed by atoms with van der Waals surface area (Å²) >= 11 is 0. The van der Waals surface area contributed by atoms with Crippen molar-refractivity contribution in [1.82, 2.24) is 4.90 Å². The van der Waals surface area contributed by atoms with Crippen LogP contribution in [0.3, 0.4) is 0 Å². The van der Waals surface area contributed by atoms with E-state index in [0.29, 0.717) is 13.0 Å². The number of aliphatic hydroxyl groups is 1. The Kier molecular flexibility index (Phi) is 11.6. The molecule has 1 aliphatic heterocycles. The van der Waals surface area contributed by atoms with Crippen LogP contribution in [0.2, 0.25) is 0 Å². The zero-order chi connectivity index (χ0) is 25.6. The van der Waals surface area contributed by atoms with Crippen LogP contribution in [0.5, 0.6) is 11.5 Å². The molecule has 1 fully saturated rings. The Morgan fingerprint density at radius 2 is 1.58 bits per heavy atom. The van der Waals surface area contributed by atoms with Crippen LogP contribution in [0.1, 0.15) is 57.1 Å². The second-order valence-corrected chi connectivity index (χ2v) is 9.15. The maximum absolute atomic E-state index is 9.91. The monoisotopic (exact) mass is 487 g/mol. The van der Waals surface area contributed by atoms with Crippen LogP contribution < -0.4 is 4.74 Å². The van der Waals surface area contributed by atoms with Gasteiger partial charge in [-0.25, -0.2) is 0 Å². The first-order chi connectivity index (χ1) is 17.7. The summed E-state index contributed by atoms with van der Waals surface area (Å²) in [7, 11) is 0. The smallest absolute Gasteiger partial charge is 0.119 e. The predicted molar refractivity (Wildman–Crippen MR) is 150 cm³/mol. The van der Waals surface area contributed by atoms with E-state index in [1.54, 1.807) is 12.1 Å². The number of piperidine rings is 1. The molecule has 0 saturated carbocycles. The Hall–Kier alpha value is -3.08. The molecule has 0 bridgehead atoms. The Balaban J connectivity index is 1.96. The summed E-state index contributed by atoms with van der Waals surface area (Å²) in [6.07, 6.45) is 15.7. The van der Waals surface area contributed by atoms with Crippen molar-refractivity contribution in [3.05, 3.63) is 101 Å². The number of allylic oxidation sites excluding steroid dienone is 7. The van der Waals surface area contributed by atoms with E-state index < -0.39 is 0 Å². The summed E-state index contributed by atoms with van der Waals surface area (Å²) in [5.41, 5.74) is 5.46. The van der Waals surface area contributed by atoms with E-state index in [1.165, 1.54) is 32.4 Å². The molecule has 4 heteroatoms. The fraction of sp³-hybridized carbons (Fsp3) is 0.375. The Morgan fingerprint density at radius 1 is 0.917 bits per heavy atom. The molecule has 0 atom stereocenters. The molecule has 0 amide bonds. The van der Waals surface area contributed by atoms with Crippen LogP contribution >= 0.6 is 0 Å². The third-order valence-electron chi connectivity index (χ3n) is 6.47. The van der Waals surface area contributed by atoms with Crippen molar-refractivity contribution < 1.29 is 14.9 Å². The predicted octanol–water partition coefficient (Wildman–Crippen LogP) is 6.91. The Labute approximate surface area is 216 Å². The molecule has 2 aromatic rings. The first-order valence-electron chi connectivity index (χ1n) is 13.2. The number of nitrogens with zero attached hydrogens (tertiary/aromatic N) is 1. The van der Waals surface area contributed by atoms with Gasteiger partial charge in [-0.2, -0.15) is 0 Å². The van der Waals surface area contributed by atoms with Gasteiger partial charge in [-0.15, -0.1) is 0 Å². The second-order valence-electron chi connectivity index (χ2n) is 9.15. The summed E-state index contributed by atoms with van der Waals surface area (Å²) in [4.78, 5) is 2.48. The van der Waals surface area contributed by atoms with Gasteiger partial charge in [0.15, 0.2) is 0 Å². The van der Waals surface area contributed by atoms with Gasteiger partial charge < -0.3 is 14.9 Å². The lowest BCUT2D eigenvalue weighted by Gasteiger charge is -2.26. The van der Waals surface area contributed by atoms with Gasteiger partial charge >= 0.3 is 0 Å². The number of hydrogen-bond acceptors (Lipinski definition) is 4. The van der Waals surface area contributed by atoms with Gasteiger partial charge in [0.05, 0.1) is 0 Å². The van der Waals surface area contributed by atoms with Gasteiger partial charge in [-0.3, -0.25) is 4.90 Å². The number of aliphatic hydroxyl groups excluding tert-OH is 1. The highest BCUT2D eigenvalue weighted by Crippen LogP contribution is 2.35. The molecule has 0 spiro atoms. The molecule has 3 rings (SSSR count). The molecule has 1 heterocycles. The van der Waals surface area contributed by atoms with Gasteiger partial charge in [0.1, 0.15) is 18.1 Å². The van der Waals surface area contributed by atoms with E-state index in [4.69, 9.17) is 4.74 Å². The molecular formula is C32H41NO3. The van der Waals surface area contributed by atoms with Crippen LogP contribution in [-0.4, -0.2) is 48.0 Å². The first-order valence-corrected chi connectivity index (χ1v) is 13.2. The minimum absolute atomic E-state index is 0.128. The minimum Gasteiger partial charge on any atom is -0.508 e. The lowest BCUT2D eigenvalue weighted by molar-refractivity contribution is 0.183. The van der Waals surface area contributed by atoms with Crippen LogP contribution in [0, 0.1) is 0 Å². The molecule has 1 aliphatic rings. The van der Waals surface area contributed by atoms with E-state index in [0.717, 1.165) is 46.6 Å². The number of aromatic hydroxyl groups is 1. The number of benzene rings is 2. The lowest BCUT2D eigenvalue weighted by atomic mass is 9.86. The highest BCUT2D eigenvalue weighted by atomic mass is 16.5. The van der Waals surface area contributed by atoms with Gasteiger partial charge in [-0.05, 0) is 105 Å². The normalized spacial score (nSPS) is 16.0. The number of likely N-dealkylation sites (tertiary alicyclic amines) is 1. The zero-order valence-electron chi connectivity index (χ0n) is 21.8. The van der Waals surface area contributed by atoms with Crippen molar-refractivity contribution in [2.45, 2.75) is 46.0 Å². The average Bonchev–Trinajstić information content (AvgIpc) is 2.91. The number of rotatable bonds is 12. The highest BCUT2D eigenvalue weighted by Gasteiger charge is 2.15. The molecule has 0 aromatic heterocycles. The summed E-state index contributed by atoms with van der Waals surface area (Å²) in [5.74, 6) is 1.11. The third kappa shape index (κ3) is 8.25. The fourth-order valence-corrected chi connectivity index (χ4v) is 4.64. The maximum atomic E-state index is 9.91. The fourth-order valence-electron chi connectivity index (χ4n) is 4.64. The quantitative estimate of drug-likeness (QED) is 0.319. The van der Waals surface area contributed by atoms with E-state index >= 15 is 0 Å². The van der Waals surface area contributed by atoms with E-state index in [2.05, 4.69) is 29.2 Å². The summed E-state index contributed by atoms with van der Waals surface area (Å²) in [6.45, 7) is 8.16. The van der Waals surface area contributed by atoms with Gasteiger partial charge in [-0.1, -0.05) is 61.1 Å². The van der Waals surface area contributed by atoms with Crippen molar-refractivity contribution in [1.29, 1.82) is 0 Å². The molecule has 192 valence electrons. The molecule has 1 saturated heterocycles. The lowest BCUT2D eigenvalue weighted by Crippen LogP contribution is -2.33. The highest BCUT2D eigenvalue weighted by molar-refractivity contribution is 5.85. The molecule has 0 radical (unpaired) electrons. The molecule has 4 nitrogen and oxygen atoms in total. The van der Waals surface area contributed by atoms with E-state index in [1.807, 2.05) is 56.3 Å². The minimum atomic E-state index is 0.128. The van der Waals surface area contributed by atoms with Crippen LogP contribution in [0.15, 0.2) is 90.1 Å². The molecule has 2 aromatic carbocycles. The molecule has 0 aliphatic carbocycles. The zero-order valence-corrected chi connectivity index (χ0v) is 21.8. The van der Waals surface area contributed by atoms with Crippen molar-refractivity contribution in [2.75, 3.05) is 32.8 Å². The number of ether oxygens (including phenoxy) is 1. The molecule has 36 heavy (non-hydrogen) atoms. The van der Waals surface area contributed by atoms with Crippen LogP contribution in [0.4, 0.5) is 0 Å². The summed E-state index contributed by atoms with van der Waals surface area (Å²) in [5, 5.41) is 19.6. The summed E-state index contributed by atoms with van der Waals surface area (Å²) < 4.78 is 6.07. The summed E-state index contributed by atoms with van der Waals surface area (Å²) in [6, 6.07) is 15.7.